The fourth-order valence-electron chi connectivity index (χ4n) is 1.91. The quantitative estimate of drug-likeness (QED) is 0.720. The van der Waals surface area contributed by atoms with Gasteiger partial charge in [0.2, 0.25) is 0 Å². The Morgan fingerprint density at radius 3 is 2.76 bits per heavy atom. The molecule has 0 fully saturated rings. The maximum absolute atomic E-state index is 5.02. The van der Waals surface area contributed by atoms with E-state index < -0.39 is 0 Å². The highest BCUT2D eigenvalue weighted by molar-refractivity contribution is 5.49. The van der Waals surface area contributed by atoms with Crippen molar-refractivity contribution in [2.75, 3.05) is 38.8 Å². The van der Waals surface area contributed by atoms with Crippen LogP contribution in [0.15, 0.2) is 0 Å². The summed E-state index contributed by atoms with van der Waals surface area (Å²) >= 11 is 0. The third-order valence-electron chi connectivity index (χ3n) is 2.93. The first kappa shape index (κ1) is 14.0. The van der Waals surface area contributed by atoms with Crippen LogP contribution < -0.4 is 10.2 Å². The van der Waals surface area contributed by atoms with Crippen LogP contribution in [0.2, 0.25) is 0 Å². The summed E-state index contributed by atoms with van der Waals surface area (Å²) in [6.45, 7) is 7.61. The summed E-state index contributed by atoms with van der Waals surface area (Å²) in [6, 6.07) is 0. The van der Waals surface area contributed by atoms with Gasteiger partial charge < -0.3 is 15.0 Å². The van der Waals surface area contributed by atoms with Crippen molar-refractivity contribution >= 4 is 5.82 Å². The van der Waals surface area contributed by atoms with Crippen molar-refractivity contribution in [3.63, 3.8) is 0 Å². The standard InChI is InChI=1S/C12H24N4O/c1-6-15(3)12-11(9-13-7-8-17-5)10(2)14-16(12)4/h13H,6-9H2,1-5H3. The third-order valence-corrected chi connectivity index (χ3v) is 2.93. The van der Waals surface area contributed by atoms with E-state index >= 15 is 0 Å². The van der Waals surface area contributed by atoms with Crippen molar-refractivity contribution in [1.82, 2.24) is 15.1 Å². The van der Waals surface area contributed by atoms with Crippen LogP contribution in [0.1, 0.15) is 18.2 Å². The average Bonchev–Trinajstić information content (AvgIpc) is 2.59. The van der Waals surface area contributed by atoms with E-state index in [4.69, 9.17) is 4.74 Å². The number of hydrogen-bond acceptors (Lipinski definition) is 4. The monoisotopic (exact) mass is 240 g/mol. The number of aromatic nitrogens is 2. The van der Waals surface area contributed by atoms with Gasteiger partial charge in [-0.05, 0) is 13.8 Å². The summed E-state index contributed by atoms with van der Waals surface area (Å²) in [5.74, 6) is 1.19. The fraction of sp³-hybridized carbons (Fsp3) is 0.750. The van der Waals surface area contributed by atoms with E-state index in [-0.39, 0.29) is 0 Å². The highest BCUT2D eigenvalue weighted by atomic mass is 16.5. The second-order valence-electron chi connectivity index (χ2n) is 4.19. The van der Waals surface area contributed by atoms with Crippen LogP contribution in [-0.2, 0) is 18.3 Å². The topological polar surface area (TPSA) is 42.3 Å². The van der Waals surface area contributed by atoms with E-state index in [0.29, 0.717) is 0 Å². The highest BCUT2D eigenvalue weighted by Crippen LogP contribution is 2.21. The van der Waals surface area contributed by atoms with E-state index in [0.717, 1.165) is 31.9 Å². The number of hydrogen-bond donors (Lipinski definition) is 1. The summed E-state index contributed by atoms with van der Waals surface area (Å²) in [6.07, 6.45) is 0. The van der Waals surface area contributed by atoms with Crippen molar-refractivity contribution in [2.24, 2.45) is 7.05 Å². The van der Waals surface area contributed by atoms with E-state index in [1.54, 1.807) is 7.11 Å². The summed E-state index contributed by atoms with van der Waals surface area (Å²) in [5, 5.41) is 7.85. The van der Waals surface area contributed by atoms with Gasteiger partial charge in [0.15, 0.2) is 0 Å². The molecule has 98 valence electrons. The van der Waals surface area contributed by atoms with Crippen molar-refractivity contribution in [2.45, 2.75) is 20.4 Å². The minimum Gasteiger partial charge on any atom is -0.383 e. The molecule has 1 N–H and O–H groups in total. The van der Waals surface area contributed by atoms with Gasteiger partial charge in [-0.1, -0.05) is 0 Å². The first-order valence-electron chi connectivity index (χ1n) is 6.05. The number of methoxy groups -OCH3 is 1. The van der Waals surface area contributed by atoms with Crippen LogP contribution >= 0.6 is 0 Å². The SMILES string of the molecule is CCN(C)c1c(CNCCOC)c(C)nn1C. The molecule has 0 spiro atoms. The molecule has 0 bridgehead atoms. The number of nitrogens with one attached hydrogen (secondary N) is 1. The molecule has 1 aromatic rings. The molecule has 0 aliphatic heterocycles. The Kier molecular flexibility index (Phi) is 5.44. The number of ether oxygens (including phenoxy) is 1. The highest BCUT2D eigenvalue weighted by Gasteiger charge is 2.15. The molecule has 17 heavy (non-hydrogen) atoms. The van der Waals surface area contributed by atoms with Gasteiger partial charge in [-0.3, -0.25) is 4.68 Å². The average molecular weight is 240 g/mol. The lowest BCUT2D eigenvalue weighted by atomic mass is 10.2. The molecule has 1 aromatic heterocycles. The molecule has 0 saturated heterocycles. The Bertz CT molecular complexity index is 349. The zero-order chi connectivity index (χ0) is 12.8. The van der Waals surface area contributed by atoms with Crippen LogP contribution in [0, 0.1) is 6.92 Å². The number of anilines is 1. The number of nitrogens with zero attached hydrogens (tertiary/aromatic N) is 3. The molecule has 0 aromatic carbocycles. The van der Waals surface area contributed by atoms with E-state index in [1.807, 2.05) is 11.7 Å². The Hall–Kier alpha value is -1.07. The molecule has 0 radical (unpaired) electrons. The van der Waals surface area contributed by atoms with E-state index in [1.165, 1.54) is 11.4 Å². The second-order valence-corrected chi connectivity index (χ2v) is 4.19. The summed E-state index contributed by atoms with van der Waals surface area (Å²) in [4.78, 5) is 2.22. The van der Waals surface area contributed by atoms with E-state index in [2.05, 4.69) is 36.2 Å². The number of aryl methyl sites for hydroxylation is 2. The first-order valence-corrected chi connectivity index (χ1v) is 6.05. The molecule has 0 atom stereocenters. The minimum atomic E-state index is 0.734. The summed E-state index contributed by atoms with van der Waals surface area (Å²) in [7, 11) is 5.80. The Morgan fingerprint density at radius 1 is 1.47 bits per heavy atom. The van der Waals surface area contributed by atoms with E-state index in [9.17, 15) is 0 Å². The van der Waals surface area contributed by atoms with Crippen LogP contribution in [0.4, 0.5) is 5.82 Å². The maximum atomic E-state index is 5.02. The summed E-state index contributed by atoms with van der Waals surface area (Å²) < 4.78 is 6.97. The molecule has 5 heteroatoms. The van der Waals surface area contributed by atoms with Gasteiger partial charge in [-0.15, -0.1) is 0 Å². The smallest absolute Gasteiger partial charge is 0.131 e. The number of rotatable bonds is 7. The van der Waals surface area contributed by atoms with Crippen molar-refractivity contribution < 1.29 is 4.74 Å². The van der Waals surface area contributed by atoms with Crippen LogP contribution in [-0.4, -0.2) is 43.6 Å². The minimum absolute atomic E-state index is 0.734. The van der Waals surface area contributed by atoms with Gasteiger partial charge in [-0.2, -0.15) is 5.10 Å². The molecule has 0 aliphatic rings. The van der Waals surface area contributed by atoms with Crippen LogP contribution in [0.3, 0.4) is 0 Å². The molecular formula is C12H24N4O. The lowest BCUT2D eigenvalue weighted by Crippen LogP contribution is -2.23. The molecular weight excluding hydrogens is 216 g/mol. The van der Waals surface area contributed by atoms with Gasteiger partial charge in [0.25, 0.3) is 0 Å². The molecule has 0 aliphatic carbocycles. The Labute approximate surface area is 104 Å². The predicted molar refractivity (Wildman–Crippen MR) is 70.5 cm³/mol. The lowest BCUT2D eigenvalue weighted by Gasteiger charge is -2.19. The van der Waals surface area contributed by atoms with Crippen molar-refractivity contribution in [1.29, 1.82) is 0 Å². The third kappa shape index (κ3) is 3.44. The van der Waals surface area contributed by atoms with Gasteiger partial charge >= 0.3 is 0 Å². The predicted octanol–water partition coefficient (Wildman–Crippen LogP) is 0.921. The van der Waals surface area contributed by atoms with Crippen LogP contribution in [0.25, 0.3) is 0 Å². The molecule has 5 nitrogen and oxygen atoms in total. The van der Waals surface area contributed by atoms with Gasteiger partial charge in [0.05, 0.1) is 12.3 Å². The fourth-order valence-corrected chi connectivity index (χ4v) is 1.91. The molecule has 0 amide bonds. The largest absolute Gasteiger partial charge is 0.383 e. The lowest BCUT2D eigenvalue weighted by molar-refractivity contribution is 0.199. The Morgan fingerprint density at radius 2 is 2.18 bits per heavy atom. The molecule has 0 unspecified atom stereocenters. The van der Waals surface area contributed by atoms with Crippen molar-refractivity contribution in [3.05, 3.63) is 11.3 Å². The van der Waals surface area contributed by atoms with Gasteiger partial charge in [0.1, 0.15) is 5.82 Å². The molecule has 0 saturated carbocycles. The van der Waals surface area contributed by atoms with Gasteiger partial charge in [0, 0.05) is 46.4 Å². The maximum Gasteiger partial charge on any atom is 0.131 e. The Balaban J connectivity index is 2.75. The molecule has 1 heterocycles. The normalized spacial score (nSPS) is 10.9. The van der Waals surface area contributed by atoms with Crippen molar-refractivity contribution in [3.8, 4) is 0 Å². The first-order chi connectivity index (χ1) is 8.11. The zero-order valence-electron chi connectivity index (χ0n) is 11.6. The zero-order valence-corrected chi connectivity index (χ0v) is 11.6. The molecule has 1 rings (SSSR count). The van der Waals surface area contributed by atoms with Crippen LogP contribution in [0.5, 0.6) is 0 Å². The second kappa shape index (κ2) is 6.61. The summed E-state index contributed by atoms with van der Waals surface area (Å²) in [5.41, 5.74) is 2.36. The van der Waals surface area contributed by atoms with Gasteiger partial charge in [-0.25, -0.2) is 0 Å².